The minimum Gasteiger partial charge on any atom is -0.496 e. The van der Waals surface area contributed by atoms with Crippen molar-refractivity contribution in [2.75, 3.05) is 7.11 Å². The van der Waals surface area contributed by atoms with Crippen molar-refractivity contribution in [2.24, 2.45) is 0 Å². The molecule has 3 rings (SSSR count). The molecule has 0 saturated heterocycles. The zero-order chi connectivity index (χ0) is 17.6. The lowest BCUT2D eigenvalue weighted by Gasteiger charge is -2.04. The first-order chi connectivity index (χ1) is 12.2. The average molecular weight is 339 g/mol. The third-order valence-electron chi connectivity index (χ3n) is 3.60. The van der Waals surface area contributed by atoms with Gasteiger partial charge in [-0.05, 0) is 29.8 Å². The fourth-order valence-corrected chi connectivity index (χ4v) is 2.33. The Kier molecular flexibility index (Phi) is 5.06. The molecule has 7 nitrogen and oxygen atoms in total. The Morgan fingerprint density at radius 1 is 1.28 bits per heavy atom. The maximum Gasteiger partial charge on any atom is 0.270 e. The number of methoxy groups -OCH3 is 1. The molecule has 2 N–H and O–H groups in total. The van der Waals surface area contributed by atoms with Gasteiger partial charge in [-0.3, -0.25) is 9.78 Å². The average Bonchev–Trinajstić information content (AvgIpc) is 3.15. The van der Waals surface area contributed by atoms with E-state index in [2.05, 4.69) is 15.5 Å². The molecule has 3 aromatic rings. The normalized spacial score (nSPS) is 10.5. The highest BCUT2D eigenvalue weighted by molar-refractivity contribution is 5.92. The molecular weight excluding hydrogens is 322 g/mol. The van der Waals surface area contributed by atoms with Gasteiger partial charge in [-0.15, -0.1) is 0 Å². The number of benzene rings is 1. The van der Waals surface area contributed by atoms with E-state index < -0.39 is 0 Å². The molecule has 2 aromatic heterocycles. The first kappa shape index (κ1) is 16.7. The molecule has 1 amide bonds. The number of aromatic nitrogens is 2. The van der Waals surface area contributed by atoms with Crippen LogP contribution in [-0.4, -0.2) is 28.3 Å². The second-order valence-electron chi connectivity index (χ2n) is 5.27. The molecule has 0 unspecified atom stereocenters. The van der Waals surface area contributed by atoms with E-state index in [0.29, 0.717) is 22.8 Å². The maximum absolute atomic E-state index is 12.1. The number of aliphatic hydroxyl groups excluding tert-OH is 1. The number of para-hydroxylation sites is 1. The van der Waals surface area contributed by atoms with Gasteiger partial charge in [-0.25, -0.2) is 0 Å². The summed E-state index contributed by atoms with van der Waals surface area (Å²) in [6.45, 7) is 0.0270. The van der Waals surface area contributed by atoms with Crippen LogP contribution < -0.4 is 10.1 Å². The Morgan fingerprint density at radius 2 is 2.12 bits per heavy atom. The summed E-state index contributed by atoms with van der Waals surface area (Å²) >= 11 is 0. The first-order valence-corrected chi connectivity index (χ1v) is 7.64. The molecule has 1 aromatic carbocycles. The van der Waals surface area contributed by atoms with Gasteiger partial charge in [0.1, 0.15) is 17.1 Å². The topological polar surface area (TPSA) is 97.5 Å². The number of hydrogen-bond donors (Lipinski definition) is 2. The molecule has 0 aliphatic heterocycles. The molecule has 0 saturated carbocycles. The molecule has 0 spiro atoms. The Morgan fingerprint density at radius 3 is 2.92 bits per heavy atom. The van der Waals surface area contributed by atoms with Crippen LogP contribution in [-0.2, 0) is 13.2 Å². The van der Waals surface area contributed by atoms with Crippen molar-refractivity contribution in [2.45, 2.75) is 13.2 Å². The molecule has 7 heteroatoms. The van der Waals surface area contributed by atoms with Gasteiger partial charge in [0, 0.05) is 17.8 Å². The molecular formula is C18H17N3O4. The fourth-order valence-electron chi connectivity index (χ4n) is 2.33. The number of rotatable bonds is 6. The minimum absolute atomic E-state index is 0.146. The summed E-state index contributed by atoms with van der Waals surface area (Å²) in [4.78, 5) is 16.1. The van der Waals surface area contributed by atoms with Crippen molar-refractivity contribution >= 4 is 5.91 Å². The standard InChI is InChI=1S/C18H17N3O4/c1-24-17-5-3-2-4-14(17)15-9-13(25-21-15)10-20-18(23)16-8-12(11-22)6-7-19-16/h2-9,22H,10-11H2,1H3,(H,20,23). The highest BCUT2D eigenvalue weighted by Gasteiger charge is 2.13. The van der Waals surface area contributed by atoms with Crippen LogP contribution in [0.4, 0.5) is 0 Å². The second-order valence-corrected chi connectivity index (χ2v) is 5.27. The van der Waals surface area contributed by atoms with Gasteiger partial charge < -0.3 is 19.7 Å². The summed E-state index contributed by atoms with van der Waals surface area (Å²) in [7, 11) is 1.59. The molecule has 0 radical (unpaired) electrons. The van der Waals surface area contributed by atoms with Crippen LogP contribution in [0.1, 0.15) is 21.8 Å². The van der Waals surface area contributed by atoms with E-state index in [1.54, 1.807) is 19.2 Å². The summed E-state index contributed by atoms with van der Waals surface area (Å²) in [6.07, 6.45) is 1.48. The molecule has 128 valence electrons. The maximum atomic E-state index is 12.1. The molecule has 2 heterocycles. The number of nitrogens with zero attached hydrogens (tertiary/aromatic N) is 2. The number of carbonyl (C=O) groups excluding carboxylic acids is 1. The van der Waals surface area contributed by atoms with Crippen molar-refractivity contribution in [3.63, 3.8) is 0 Å². The lowest BCUT2D eigenvalue weighted by atomic mass is 10.1. The first-order valence-electron chi connectivity index (χ1n) is 7.64. The van der Waals surface area contributed by atoms with Gasteiger partial charge in [-0.2, -0.15) is 0 Å². The van der Waals surface area contributed by atoms with E-state index in [1.807, 2.05) is 24.3 Å². The summed E-state index contributed by atoms with van der Waals surface area (Å²) in [6, 6.07) is 12.4. The predicted octanol–water partition coefficient (Wildman–Crippen LogP) is 2.17. The summed E-state index contributed by atoms with van der Waals surface area (Å²) in [5.41, 5.74) is 2.29. The Bertz CT molecular complexity index is 876. The quantitative estimate of drug-likeness (QED) is 0.714. The monoisotopic (exact) mass is 339 g/mol. The molecule has 0 aliphatic rings. The van der Waals surface area contributed by atoms with Crippen LogP contribution in [0.5, 0.6) is 5.75 Å². The van der Waals surface area contributed by atoms with E-state index in [-0.39, 0.29) is 24.8 Å². The highest BCUT2D eigenvalue weighted by Crippen LogP contribution is 2.28. The Hall–Kier alpha value is -3.19. The van der Waals surface area contributed by atoms with Gasteiger partial charge in [0.05, 0.1) is 20.3 Å². The highest BCUT2D eigenvalue weighted by atomic mass is 16.5. The number of aliphatic hydroxyl groups is 1. The smallest absolute Gasteiger partial charge is 0.270 e. The molecule has 0 fully saturated rings. The van der Waals surface area contributed by atoms with Crippen LogP contribution >= 0.6 is 0 Å². The zero-order valence-electron chi connectivity index (χ0n) is 13.6. The van der Waals surface area contributed by atoms with Crippen molar-refractivity contribution < 1.29 is 19.2 Å². The van der Waals surface area contributed by atoms with Crippen LogP contribution in [0, 0.1) is 0 Å². The van der Waals surface area contributed by atoms with Crippen molar-refractivity contribution in [1.29, 1.82) is 0 Å². The van der Waals surface area contributed by atoms with Crippen LogP contribution in [0.25, 0.3) is 11.3 Å². The number of ether oxygens (including phenoxy) is 1. The van der Waals surface area contributed by atoms with Gasteiger partial charge in [0.2, 0.25) is 0 Å². The van der Waals surface area contributed by atoms with Gasteiger partial charge in [0.15, 0.2) is 5.76 Å². The number of carbonyl (C=O) groups is 1. The fraction of sp³-hybridized carbons (Fsp3) is 0.167. The minimum atomic E-state index is -0.356. The number of nitrogens with one attached hydrogen (secondary N) is 1. The molecule has 0 atom stereocenters. The van der Waals surface area contributed by atoms with Crippen molar-refractivity contribution in [3.8, 4) is 17.0 Å². The number of pyridine rings is 1. The lowest BCUT2D eigenvalue weighted by molar-refractivity contribution is 0.0942. The van der Waals surface area contributed by atoms with Crippen molar-refractivity contribution in [1.82, 2.24) is 15.5 Å². The summed E-state index contributed by atoms with van der Waals surface area (Å²) in [5.74, 6) is 0.842. The third kappa shape index (κ3) is 3.84. The van der Waals surface area contributed by atoms with Gasteiger partial charge in [-0.1, -0.05) is 17.3 Å². The van der Waals surface area contributed by atoms with Crippen LogP contribution in [0.3, 0.4) is 0 Å². The summed E-state index contributed by atoms with van der Waals surface area (Å²) < 4.78 is 10.6. The van der Waals surface area contributed by atoms with Gasteiger partial charge in [0.25, 0.3) is 5.91 Å². The second kappa shape index (κ2) is 7.59. The lowest BCUT2D eigenvalue weighted by Crippen LogP contribution is -2.23. The predicted molar refractivity (Wildman–Crippen MR) is 89.8 cm³/mol. The number of amides is 1. The van der Waals surface area contributed by atoms with E-state index in [1.165, 1.54) is 12.3 Å². The Balaban J connectivity index is 1.68. The van der Waals surface area contributed by atoms with Crippen LogP contribution in [0.2, 0.25) is 0 Å². The van der Waals surface area contributed by atoms with E-state index in [0.717, 1.165) is 5.56 Å². The van der Waals surface area contributed by atoms with Crippen LogP contribution in [0.15, 0.2) is 53.2 Å². The molecule has 25 heavy (non-hydrogen) atoms. The van der Waals surface area contributed by atoms with E-state index in [9.17, 15) is 4.79 Å². The zero-order valence-corrected chi connectivity index (χ0v) is 13.6. The van der Waals surface area contributed by atoms with Gasteiger partial charge >= 0.3 is 0 Å². The largest absolute Gasteiger partial charge is 0.496 e. The van der Waals surface area contributed by atoms with E-state index >= 15 is 0 Å². The third-order valence-corrected chi connectivity index (χ3v) is 3.60. The van der Waals surface area contributed by atoms with Crippen molar-refractivity contribution in [3.05, 3.63) is 65.7 Å². The molecule has 0 aliphatic carbocycles. The Labute approximate surface area is 144 Å². The molecule has 0 bridgehead atoms. The van der Waals surface area contributed by atoms with E-state index in [4.69, 9.17) is 14.4 Å². The SMILES string of the molecule is COc1ccccc1-c1cc(CNC(=O)c2cc(CO)ccn2)on1. The number of hydrogen-bond acceptors (Lipinski definition) is 6. The summed E-state index contributed by atoms with van der Waals surface area (Å²) in [5, 5.41) is 15.8.